The van der Waals surface area contributed by atoms with Gasteiger partial charge in [0.15, 0.2) is 0 Å². The van der Waals surface area contributed by atoms with Crippen LogP contribution >= 0.6 is 0 Å². The van der Waals surface area contributed by atoms with Crippen LogP contribution in [0.3, 0.4) is 0 Å². The van der Waals surface area contributed by atoms with Crippen molar-refractivity contribution in [1.29, 1.82) is 0 Å². The van der Waals surface area contributed by atoms with Crippen LogP contribution in [0.15, 0.2) is 24.3 Å². The lowest BCUT2D eigenvalue weighted by Gasteiger charge is -2.21. The monoisotopic (exact) mass is 244 g/mol. The molecule has 1 saturated heterocycles. The third kappa shape index (κ3) is 2.60. The predicted octanol–water partition coefficient (Wildman–Crippen LogP) is 2.73. The molecule has 18 heavy (non-hydrogen) atoms. The molecule has 0 aromatic heterocycles. The molecule has 1 saturated carbocycles. The average Bonchev–Trinajstić information content (AvgIpc) is 3.16. The van der Waals surface area contributed by atoms with Crippen molar-refractivity contribution in [3.63, 3.8) is 0 Å². The lowest BCUT2D eigenvalue weighted by molar-refractivity contribution is 0.256. The first kappa shape index (κ1) is 12.2. The average molecular weight is 244 g/mol. The Balaban J connectivity index is 1.66. The molecule has 0 radical (unpaired) electrons. The summed E-state index contributed by atoms with van der Waals surface area (Å²) in [6.07, 6.45) is 4.04. The van der Waals surface area contributed by atoms with Crippen molar-refractivity contribution in [3.05, 3.63) is 35.4 Å². The molecular formula is C16H24N2. The molecule has 0 spiro atoms. The van der Waals surface area contributed by atoms with Crippen molar-refractivity contribution in [3.8, 4) is 0 Å². The second kappa shape index (κ2) is 5.02. The van der Waals surface area contributed by atoms with Gasteiger partial charge in [-0.1, -0.05) is 24.3 Å². The van der Waals surface area contributed by atoms with Gasteiger partial charge in [-0.25, -0.2) is 0 Å². The second-order valence-electron chi connectivity index (χ2n) is 6.14. The molecule has 98 valence electrons. The SMILES string of the molecule is CC1CC(CN)CN1Cc1cccc(C2CC2)c1. The van der Waals surface area contributed by atoms with Crippen molar-refractivity contribution in [1.82, 2.24) is 4.90 Å². The summed E-state index contributed by atoms with van der Waals surface area (Å²) in [5, 5.41) is 0. The Hall–Kier alpha value is -0.860. The molecule has 0 amide bonds. The van der Waals surface area contributed by atoms with E-state index in [9.17, 15) is 0 Å². The maximum atomic E-state index is 5.80. The Morgan fingerprint density at radius 1 is 1.33 bits per heavy atom. The largest absolute Gasteiger partial charge is 0.330 e. The van der Waals surface area contributed by atoms with Gasteiger partial charge in [0.2, 0.25) is 0 Å². The van der Waals surface area contributed by atoms with Crippen LogP contribution in [0.2, 0.25) is 0 Å². The van der Waals surface area contributed by atoms with Gasteiger partial charge in [-0.2, -0.15) is 0 Å². The van der Waals surface area contributed by atoms with Gasteiger partial charge in [0.05, 0.1) is 0 Å². The number of benzene rings is 1. The van der Waals surface area contributed by atoms with E-state index < -0.39 is 0 Å². The van der Waals surface area contributed by atoms with Gasteiger partial charge in [0, 0.05) is 19.1 Å². The van der Waals surface area contributed by atoms with E-state index in [4.69, 9.17) is 5.73 Å². The third-order valence-corrected chi connectivity index (χ3v) is 4.51. The normalized spacial score (nSPS) is 28.8. The number of nitrogens with zero attached hydrogens (tertiary/aromatic N) is 1. The topological polar surface area (TPSA) is 29.3 Å². The highest BCUT2D eigenvalue weighted by atomic mass is 15.2. The minimum atomic E-state index is 0.683. The van der Waals surface area contributed by atoms with Crippen LogP contribution in [-0.2, 0) is 6.54 Å². The van der Waals surface area contributed by atoms with Gasteiger partial charge in [-0.15, -0.1) is 0 Å². The molecule has 0 bridgehead atoms. The van der Waals surface area contributed by atoms with Crippen LogP contribution in [-0.4, -0.2) is 24.0 Å². The van der Waals surface area contributed by atoms with Crippen LogP contribution < -0.4 is 5.73 Å². The first-order valence-electron chi connectivity index (χ1n) is 7.29. The standard InChI is InChI=1S/C16H24N2/c1-12-7-14(9-17)11-18(12)10-13-3-2-4-16(8-13)15-5-6-15/h2-4,8,12,14-15H,5-7,9-11,17H2,1H3. The van der Waals surface area contributed by atoms with E-state index in [-0.39, 0.29) is 0 Å². The number of rotatable bonds is 4. The summed E-state index contributed by atoms with van der Waals surface area (Å²) in [5.74, 6) is 1.56. The van der Waals surface area contributed by atoms with Gasteiger partial charge in [0.1, 0.15) is 0 Å². The summed E-state index contributed by atoms with van der Waals surface area (Å²) in [6, 6.07) is 9.89. The fourth-order valence-corrected chi connectivity index (χ4v) is 3.21. The summed E-state index contributed by atoms with van der Waals surface area (Å²) in [7, 11) is 0. The van der Waals surface area contributed by atoms with Crippen LogP contribution in [0.25, 0.3) is 0 Å². The Morgan fingerprint density at radius 3 is 2.83 bits per heavy atom. The molecule has 1 aliphatic carbocycles. The number of likely N-dealkylation sites (tertiary alicyclic amines) is 1. The minimum absolute atomic E-state index is 0.683. The molecule has 1 aromatic rings. The highest BCUT2D eigenvalue weighted by Gasteiger charge is 2.28. The molecule has 1 aliphatic heterocycles. The van der Waals surface area contributed by atoms with E-state index in [0.717, 1.165) is 19.0 Å². The maximum absolute atomic E-state index is 5.80. The zero-order chi connectivity index (χ0) is 12.5. The molecule has 2 unspecified atom stereocenters. The Morgan fingerprint density at radius 2 is 2.17 bits per heavy atom. The molecule has 3 rings (SSSR count). The first-order chi connectivity index (χ1) is 8.76. The molecule has 2 nitrogen and oxygen atoms in total. The van der Waals surface area contributed by atoms with E-state index in [2.05, 4.69) is 36.1 Å². The molecule has 2 fully saturated rings. The van der Waals surface area contributed by atoms with Crippen LogP contribution in [0.1, 0.15) is 43.2 Å². The third-order valence-electron chi connectivity index (χ3n) is 4.51. The Labute approximate surface area is 110 Å². The predicted molar refractivity (Wildman–Crippen MR) is 75.5 cm³/mol. The van der Waals surface area contributed by atoms with Crippen LogP contribution in [0.4, 0.5) is 0 Å². The minimum Gasteiger partial charge on any atom is -0.330 e. The van der Waals surface area contributed by atoms with Gasteiger partial charge >= 0.3 is 0 Å². The zero-order valence-electron chi connectivity index (χ0n) is 11.3. The van der Waals surface area contributed by atoms with Gasteiger partial charge in [-0.05, 0) is 55.7 Å². The van der Waals surface area contributed by atoms with E-state index in [1.165, 1.54) is 31.4 Å². The fraction of sp³-hybridized carbons (Fsp3) is 0.625. The van der Waals surface area contributed by atoms with Crippen molar-refractivity contribution in [2.45, 2.75) is 44.7 Å². The van der Waals surface area contributed by atoms with E-state index in [0.29, 0.717) is 12.0 Å². The van der Waals surface area contributed by atoms with Gasteiger partial charge in [-0.3, -0.25) is 4.90 Å². The van der Waals surface area contributed by atoms with Crippen molar-refractivity contribution < 1.29 is 0 Å². The van der Waals surface area contributed by atoms with Crippen molar-refractivity contribution >= 4 is 0 Å². The fourth-order valence-electron chi connectivity index (χ4n) is 3.21. The summed E-state index contributed by atoms with van der Waals surface area (Å²) in [4.78, 5) is 2.59. The molecule has 2 heteroatoms. The summed E-state index contributed by atoms with van der Waals surface area (Å²) in [6.45, 7) is 5.44. The molecular weight excluding hydrogens is 220 g/mol. The summed E-state index contributed by atoms with van der Waals surface area (Å²) < 4.78 is 0. The maximum Gasteiger partial charge on any atom is 0.0236 e. The molecule has 2 aliphatic rings. The highest BCUT2D eigenvalue weighted by Crippen LogP contribution is 2.40. The highest BCUT2D eigenvalue weighted by molar-refractivity contribution is 5.29. The lowest BCUT2D eigenvalue weighted by Crippen LogP contribution is -2.27. The number of nitrogens with two attached hydrogens (primary N) is 1. The summed E-state index contributed by atoms with van der Waals surface area (Å²) in [5.41, 5.74) is 8.82. The quantitative estimate of drug-likeness (QED) is 0.882. The number of hydrogen-bond acceptors (Lipinski definition) is 2. The molecule has 1 heterocycles. The van der Waals surface area contributed by atoms with Gasteiger partial charge in [0.25, 0.3) is 0 Å². The van der Waals surface area contributed by atoms with E-state index in [1.807, 2.05) is 0 Å². The van der Waals surface area contributed by atoms with Crippen molar-refractivity contribution in [2.75, 3.05) is 13.1 Å². The summed E-state index contributed by atoms with van der Waals surface area (Å²) >= 11 is 0. The molecule has 2 atom stereocenters. The Bertz CT molecular complexity index is 411. The number of hydrogen-bond donors (Lipinski definition) is 1. The van der Waals surface area contributed by atoms with E-state index >= 15 is 0 Å². The smallest absolute Gasteiger partial charge is 0.0236 e. The van der Waals surface area contributed by atoms with E-state index in [1.54, 1.807) is 5.56 Å². The second-order valence-corrected chi connectivity index (χ2v) is 6.14. The molecule has 2 N–H and O–H groups in total. The van der Waals surface area contributed by atoms with Crippen LogP contribution in [0.5, 0.6) is 0 Å². The molecule has 1 aromatic carbocycles. The zero-order valence-corrected chi connectivity index (χ0v) is 11.3. The van der Waals surface area contributed by atoms with Crippen LogP contribution in [0, 0.1) is 5.92 Å². The Kier molecular flexibility index (Phi) is 3.40. The van der Waals surface area contributed by atoms with Crippen molar-refractivity contribution in [2.24, 2.45) is 11.7 Å². The van der Waals surface area contributed by atoms with Gasteiger partial charge < -0.3 is 5.73 Å². The first-order valence-corrected chi connectivity index (χ1v) is 7.29. The lowest BCUT2D eigenvalue weighted by atomic mass is 10.1.